The number of carbonyl (C=O) groups is 1. The second-order valence-electron chi connectivity index (χ2n) is 7.94. The van der Waals surface area contributed by atoms with Crippen LogP contribution in [0.5, 0.6) is 5.75 Å². The topological polar surface area (TPSA) is 107 Å². The molecule has 1 amide bonds. The molecule has 2 aromatic heterocycles. The van der Waals surface area contributed by atoms with E-state index >= 15 is 0 Å². The van der Waals surface area contributed by atoms with Crippen molar-refractivity contribution in [3.63, 3.8) is 0 Å². The molecule has 35 heavy (non-hydrogen) atoms. The Morgan fingerprint density at radius 2 is 1.74 bits per heavy atom. The van der Waals surface area contributed by atoms with Crippen molar-refractivity contribution in [2.45, 2.75) is 6.54 Å². The van der Waals surface area contributed by atoms with Gasteiger partial charge in [0.2, 0.25) is 5.95 Å². The van der Waals surface area contributed by atoms with Crippen LogP contribution in [0.4, 0.5) is 17.3 Å². The quantitative estimate of drug-likeness (QED) is 0.297. The number of nitrogens with two attached hydrogens (primary N) is 1. The number of para-hydroxylation sites is 2. The van der Waals surface area contributed by atoms with E-state index in [9.17, 15) is 4.79 Å². The average Bonchev–Trinajstić information content (AvgIpc) is 3.37. The molecule has 0 saturated heterocycles. The maximum Gasteiger partial charge on any atom is 0.255 e. The summed E-state index contributed by atoms with van der Waals surface area (Å²) >= 11 is 0. The van der Waals surface area contributed by atoms with Crippen LogP contribution < -0.4 is 21.1 Å². The lowest BCUT2D eigenvalue weighted by atomic mass is 10.1. The van der Waals surface area contributed by atoms with Crippen LogP contribution in [0.15, 0.2) is 91.1 Å². The Morgan fingerprint density at radius 1 is 0.971 bits per heavy atom. The van der Waals surface area contributed by atoms with Crippen molar-refractivity contribution in [2.24, 2.45) is 0 Å². The van der Waals surface area contributed by atoms with Crippen LogP contribution in [-0.2, 0) is 6.54 Å². The summed E-state index contributed by atoms with van der Waals surface area (Å²) in [5, 5.41) is 10.7. The van der Waals surface area contributed by atoms with Gasteiger partial charge in [-0.15, -0.1) is 5.10 Å². The molecule has 3 aromatic carbocycles. The molecule has 5 rings (SSSR count). The molecule has 8 heteroatoms. The summed E-state index contributed by atoms with van der Waals surface area (Å²) in [6, 6.07) is 26.2. The summed E-state index contributed by atoms with van der Waals surface area (Å²) in [4.78, 5) is 17.3. The van der Waals surface area contributed by atoms with E-state index < -0.39 is 0 Å². The molecule has 8 nitrogen and oxygen atoms in total. The van der Waals surface area contributed by atoms with Crippen LogP contribution in [-0.4, -0.2) is 27.6 Å². The fourth-order valence-electron chi connectivity index (χ4n) is 3.73. The van der Waals surface area contributed by atoms with Gasteiger partial charge in [-0.05, 0) is 66.2 Å². The summed E-state index contributed by atoms with van der Waals surface area (Å²) in [5.41, 5.74) is 11.3. The smallest absolute Gasteiger partial charge is 0.255 e. The van der Waals surface area contributed by atoms with Gasteiger partial charge < -0.3 is 21.1 Å². The molecule has 0 saturated carbocycles. The molecule has 0 unspecified atom stereocenters. The average molecular weight is 465 g/mol. The number of nitrogens with one attached hydrogen (secondary N) is 2. The first-order valence-electron chi connectivity index (χ1n) is 11.1. The van der Waals surface area contributed by atoms with Crippen molar-refractivity contribution in [3.05, 3.63) is 102 Å². The number of hydrogen-bond donors (Lipinski definition) is 3. The molecule has 4 N–H and O–H groups in total. The number of fused-ring (bicyclic) bond motifs is 1. The fraction of sp³-hybridized carbons (Fsp3) is 0.0741. The van der Waals surface area contributed by atoms with Crippen molar-refractivity contribution in [1.29, 1.82) is 0 Å². The standard InChI is InChI=1S/C27H24N6O2/c1-35-21-14-12-19(13-15-21)25-24-7-4-16-33(24)32-27(31-25)29-17-18-8-10-20(11-9-18)26(34)30-23-6-3-2-5-22(23)28/h2-16H,17,28H2,1H3,(H,29,32)(H,30,34). The van der Waals surface area contributed by atoms with Crippen LogP contribution >= 0.6 is 0 Å². The fourth-order valence-corrected chi connectivity index (χ4v) is 3.73. The second-order valence-corrected chi connectivity index (χ2v) is 7.94. The molecule has 0 fully saturated rings. The van der Waals surface area contributed by atoms with Gasteiger partial charge in [-0.25, -0.2) is 9.50 Å². The third-order valence-electron chi connectivity index (χ3n) is 5.63. The van der Waals surface area contributed by atoms with Gasteiger partial charge in [0.05, 0.1) is 29.7 Å². The largest absolute Gasteiger partial charge is 0.497 e. The Bertz CT molecular complexity index is 1480. The van der Waals surface area contributed by atoms with E-state index in [1.807, 2.05) is 66.9 Å². The normalized spacial score (nSPS) is 10.8. The maximum atomic E-state index is 12.6. The molecule has 0 bridgehead atoms. The third kappa shape index (κ3) is 4.77. The molecular formula is C27H24N6O2. The second kappa shape index (κ2) is 9.56. The number of amides is 1. The van der Waals surface area contributed by atoms with Crippen LogP contribution in [0.25, 0.3) is 16.8 Å². The highest BCUT2D eigenvalue weighted by Crippen LogP contribution is 2.26. The van der Waals surface area contributed by atoms with Gasteiger partial charge in [-0.1, -0.05) is 24.3 Å². The first kappa shape index (κ1) is 22.0. The summed E-state index contributed by atoms with van der Waals surface area (Å²) < 4.78 is 7.07. The lowest BCUT2D eigenvalue weighted by molar-refractivity contribution is 0.102. The minimum Gasteiger partial charge on any atom is -0.497 e. The number of rotatable bonds is 7. The number of benzene rings is 3. The Labute approximate surface area is 202 Å². The lowest BCUT2D eigenvalue weighted by Gasteiger charge is -2.11. The van der Waals surface area contributed by atoms with Crippen molar-refractivity contribution >= 4 is 28.7 Å². The zero-order valence-corrected chi connectivity index (χ0v) is 19.1. The highest BCUT2D eigenvalue weighted by molar-refractivity contribution is 6.05. The van der Waals surface area contributed by atoms with E-state index in [1.54, 1.807) is 35.9 Å². The van der Waals surface area contributed by atoms with Crippen LogP contribution in [0.3, 0.4) is 0 Å². The van der Waals surface area contributed by atoms with E-state index in [0.29, 0.717) is 29.4 Å². The number of nitrogens with zero attached hydrogens (tertiary/aromatic N) is 3. The van der Waals surface area contributed by atoms with Gasteiger partial charge in [0.25, 0.3) is 5.91 Å². The van der Waals surface area contributed by atoms with E-state index in [1.165, 1.54) is 0 Å². The zero-order valence-electron chi connectivity index (χ0n) is 19.1. The molecule has 0 aliphatic carbocycles. The van der Waals surface area contributed by atoms with Gasteiger partial charge in [0, 0.05) is 23.9 Å². The number of aromatic nitrogens is 3. The van der Waals surface area contributed by atoms with Gasteiger partial charge in [-0.2, -0.15) is 0 Å². The van der Waals surface area contributed by atoms with Crippen molar-refractivity contribution < 1.29 is 9.53 Å². The highest BCUT2D eigenvalue weighted by Gasteiger charge is 2.11. The number of anilines is 3. The van der Waals surface area contributed by atoms with Gasteiger partial charge in [0.15, 0.2) is 0 Å². The Morgan fingerprint density at radius 3 is 2.49 bits per heavy atom. The van der Waals surface area contributed by atoms with Gasteiger partial charge in [-0.3, -0.25) is 4.79 Å². The Hall–Kier alpha value is -4.85. The van der Waals surface area contributed by atoms with Crippen LogP contribution in [0.1, 0.15) is 15.9 Å². The summed E-state index contributed by atoms with van der Waals surface area (Å²) in [5.74, 6) is 1.07. The van der Waals surface area contributed by atoms with Crippen LogP contribution in [0, 0.1) is 0 Å². The van der Waals surface area contributed by atoms with E-state index in [4.69, 9.17) is 15.5 Å². The minimum atomic E-state index is -0.215. The first-order chi connectivity index (χ1) is 17.1. The molecule has 0 aliphatic rings. The molecule has 0 radical (unpaired) electrons. The van der Waals surface area contributed by atoms with Crippen molar-refractivity contribution in [2.75, 3.05) is 23.5 Å². The summed E-state index contributed by atoms with van der Waals surface area (Å²) in [7, 11) is 1.64. The number of carbonyl (C=O) groups excluding carboxylic acids is 1. The molecular weight excluding hydrogens is 440 g/mol. The van der Waals surface area contributed by atoms with E-state index in [2.05, 4.69) is 15.7 Å². The van der Waals surface area contributed by atoms with Crippen LogP contribution in [0.2, 0.25) is 0 Å². The molecule has 2 heterocycles. The lowest BCUT2D eigenvalue weighted by Crippen LogP contribution is -2.13. The maximum absolute atomic E-state index is 12.6. The van der Waals surface area contributed by atoms with E-state index in [0.717, 1.165) is 28.1 Å². The molecule has 5 aromatic rings. The summed E-state index contributed by atoms with van der Waals surface area (Å²) in [6.07, 6.45) is 1.89. The van der Waals surface area contributed by atoms with Gasteiger partial charge in [0.1, 0.15) is 5.75 Å². The van der Waals surface area contributed by atoms with Crippen molar-refractivity contribution in [3.8, 4) is 17.0 Å². The number of ether oxygens (including phenoxy) is 1. The first-order valence-corrected chi connectivity index (χ1v) is 11.1. The predicted octanol–water partition coefficient (Wildman–Crippen LogP) is 4.85. The molecule has 0 atom stereocenters. The number of methoxy groups -OCH3 is 1. The monoisotopic (exact) mass is 464 g/mol. The number of nitrogen functional groups attached to an aromatic ring is 1. The SMILES string of the molecule is COc1ccc(-c2nc(NCc3ccc(C(=O)Nc4ccccc4N)cc3)nn3cccc23)cc1. The van der Waals surface area contributed by atoms with Gasteiger partial charge >= 0.3 is 0 Å². The third-order valence-corrected chi connectivity index (χ3v) is 5.63. The highest BCUT2D eigenvalue weighted by atomic mass is 16.5. The van der Waals surface area contributed by atoms with Crippen molar-refractivity contribution in [1.82, 2.24) is 14.6 Å². The summed E-state index contributed by atoms with van der Waals surface area (Å²) in [6.45, 7) is 0.502. The predicted molar refractivity (Wildman–Crippen MR) is 138 cm³/mol. The molecule has 0 aliphatic heterocycles. The zero-order chi connectivity index (χ0) is 24.2. The number of hydrogen-bond acceptors (Lipinski definition) is 6. The minimum absolute atomic E-state index is 0.215. The molecule has 0 spiro atoms. The molecule has 174 valence electrons. The Balaban J connectivity index is 1.30. The Kier molecular flexibility index (Phi) is 6.00. The van der Waals surface area contributed by atoms with E-state index in [-0.39, 0.29) is 5.91 Å².